The molecule has 0 aromatic rings. The van der Waals surface area contributed by atoms with Gasteiger partial charge in [-0.15, -0.1) is 0 Å². The van der Waals surface area contributed by atoms with Crippen LogP contribution in [0.15, 0.2) is 0 Å². The van der Waals surface area contributed by atoms with E-state index in [1.165, 1.54) is 0 Å². The second-order valence-electron chi connectivity index (χ2n) is 20.7. The van der Waals surface area contributed by atoms with Gasteiger partial charge in [-0.25, -0.2) is 33.5 Å². The number of aliphatic hydroxyl groups is 8. The van der Waals surface area contributed by atoms with Crippen LogP contribution in [0.4, 0.5) is 0 Å². The molecular weight excluding hydrogens is 2310 g/mol. The van der Waals surface area contributed by atoms with E-state index in [0.29, 0.717) is 51.4 Å². The molecule has 66 heteroatoms. The Morgan fingerprint density at radius 1 is 0.425 bits per heavy atom. The van der Waals surface area contributed by atoms with Crippen molar-refractivity contribution >= 4 is 83.2 Å². The molecule has 16 unspecified atom stereocenters. The molecule has 0 amide bonds. The predicted molar refractivity (Wildman–Crippen MR) is 313 cm³/mol. The number of aliphatic hydroxyl groups excluding tert-OH is 8. The van der Waals surface area contributed by atoms with Crippen molar-refractivity contribution in [2.75, 3.05) is 0 Å². The van der Waals surface area contributed by atoms with Crippen molar-refractivity contribution in [1.82, 2.24) is 0 Å². The fourth-order valence-corrected chi connectivity index (χ4v) is 11.6. The van der Waals surface area contributed by atoms with Crippen molar-refractivity contribution in [3.8, 4) is 0 Å². The van der Waals surface area contributed by atoms with Crippen molar-refractivity contribution in [1.29, 1.82) is 0 Å². The monoisotopic (exact) mass is 2400 g/mol. The summed E-state index contributed by atoms with van der Waals surface area (Å²) >= 11 is -15.5. The van der Waals surface area contributed by atoms with E-state index in [4.69, 9.17) is 138 Å². The molecule has 4 saturated heterocycles. The Labute approximate surface area is 674 Å². The van der Waals surface area contributed by atoms with Gasteiger partial charge in [0.05, 0.1) is 97.7 Å². The first kappa shape index (κ1) is 128. The Balaban J connectivity index is -0.000000125. The Morgan fingerprint density at radius 2 is 0.604 bits per heavy atom. The molecule has 644 valence electrons. The molecule has 0 bridgehead atoms. The van der Waals surface area contributed by atoms with E-state index in [-0.39, 0.29) is 104 Å². The van der Waals surface area contributed by atoms with Gasteiger partial charge in [-0.3, -0.25) is 36.4 Å². The molecule has 4 heterocycles. The third-order valence-corrected chi connectivity index (χ3v) is 14.9. The van der Waals surface area contributed by atoms with Gasteiger partial charge in [-0.05, 0) is 85.5 Å². The molecule has 106 heavy (non-hydrogen) atoms. The number of hydrogen-bond donors (Lipinski definition) is 20. The fraction of sp³-hybridized carbons (Fsp3) is 1.00. The van der Waals surface area contributed by atoms with Crippen molar-refractivity contribution in [2.24, 2.45) is 0 Å². The Bertz CT molecular complexity index is 3220. The van der Waals surface area contributed by atoms with Crippen LogP contribution in [0, 0.1) is 0 Å². The van der Waals surface area contributed by atoms with Crippen LogP contribution in [0.3, 0.4) is 0 Å². The number of hydrogen-bond acceptors (Lipinski definition) is 40. The normalized spacial score (nSPS) is 24.0. The van der Waals surface area contributed by atoms with E-state index in [1.807, 2.05) is 20.8 Å². The summed E-state index contributed by atoms with van der Waals surface area (Å²) in [5, 5.41) is 75.1. The molecule has 0 aliphatic carbocycles. The summed E-state index contributed by atoms with van der Waals surface area (Å²) in [6.07, 6.45) is -3.89. The van der Waals surface area contributed by atoms with E-state index in [9.17, 15) is 69.4 Å². The third-order valence-electron chi connectivity index (χ3n) is 10.7. The van der Waals surface area contributed by atoms with E-state index >= 15 is 0 Å². The summed E-state index contributed by atoms with van der Waals surface area (Å²) in [6, 6.07) is 0. The standard InChI is InChI=1S/C10H18O8S2.2C10H20O6S.C10H22O4.2Mo.4H2O4S.4H2O.8O.2W.2Zr/c1-3-8-5-10(18-20(13,14)16-8)6-9-4-7(2)15-19(11,12)17-9;2*1-3-8(11)5-9(12)6-10-4-7(2)15-17(13,14)16-10;1-3-8(12)5-10(14)6-9(13)4-7(2)11;;;4*1-5(2,3)4;;;;;;;;;;;;;;;;/h7-10H,3-6H2,1-2H3;2*7-12H,3-6H2,1-2H3;7-14H,3-6H2,1-2H3;;;4*(H2,1,2,3,4);4*1H2;;;;;;;;;;;;/q;;;;;+2;;;;;;;;;;;;;;;;;;+2;;/p-4. The van der Waals surface area contributed by atoms with Crippen LogP contribution in [0.25, 0.3) is 0 Å². The fourth-order valence-electron chi connectivity index (χ4n) is 7.46. The zero-order chi connectivity index (χ0) is 84.6. The summed E-state index contributed by atoms with van der Waals surface area (Å²) in [5.74, 6) is 0. The Kier molecular flexibility index (Phi) is 78.0. The van der Waals surface area contributed by atoms with Crippen molar-refractivity contribution in [2.45, 2.75) is 256 Å². The van der Waals surface area contributed by atoms with Gasteiger partial charge >= 0.3 is 196 Å². The topological polar surface area (TPSA) is 888 Å². The molecule has 52 nitrogen and oxygen atoms in total. The van der Waals surface area contributed by atoms with E-state index in [0.717, 1.165) is 0 Å². The molecular formula is C40H92Mo2O52S8W2Zr2. The molecule has 16 atom stereocenters. The molecule has 0 saturated carbocycles. The predicted octanol–water partition coefficient (Wildman–Crippen LogP) is -4.46. The summed E-state index contributed by atoms with van der Waals surface area (Å²) < 4.78 is 352. The van der Waals surface area contributed by atoms with E-state index < -0.39 is 251 Å². The summed E-state index contributed by atoms with van der Waals surface area (Å²) in [6.45, 7) is 13.8. The Hall–Kier alpha value is 1.40. The molecule has 4 fully saturated rings. The van der Waals surface area contributed by atoms with Gasteiger partial charge in [0, 0.05) is 97.4 Å². The molecule has 4 aliphatic rings. The van der Waals surface area contributed by atoms with E-state index in [1.54, 1.807) is 34.6 Å². The molecule has 20 N–H and O–H groups in total. The summed E-state index contributed by atoms with van der Waals surface area (Å²) in [7, 11) is -34.6. The smallest absolute Gasteiger partial charge is 0 e. The zero-order valence-electron chi connectivity index (χ0n) is 56.5. The largest absolute Gasteiger partial charge is 0 e. The minimum absolute atomic E-state index is 0. The maximum Gasteiger partial charge on any atom is 0 e. The Morgan fingerprint density at radius 3 is 0.821 bits per heavy atom. The van der Waals surface area contributed by atoms with Crippen molar-refractivity contribution in [3.63, 3.8) is 0 Å². The van der Waals surface area contributed by atoms with E-state index in [2.05, 4.69) is 12.5 Å². The molecule has 0 radical (unpaired) electrons. The molecule has 0 aromatic carbocycles. The molecule has 4 rings (SSSR count). The van der Waals surface area contributed by atoms with Gasteiger partial charge in [0.1, 0.15) is 0 Å². The molecule has 4 aliphatic heterocycles. The zero-order valence-corrected chi connectivity index (χ0v) is 77.8. The van der Waals surface area contributed by atoms with Crippen LogP contribution < -0.4 is 0 Å². The van der Waals surface area contributed by atoms with Gasteiger partial charge in [-0.1, -0.05) is 27.7 Å². The number of rotatable bonds is 20. The van der Waals surface area contributed by atoms with Gasteiger partial charge in [0.15, 0.2) is 0 Å². The summed E-state index contributed by atoms with van der Waals surface area (Å²) in [4.78, 5) is 0. The van der Waals surface area contributed by atoms with Crippen molar-refractivity contribution in [3.05, 3.63) is 0 Å². The molecule has 0 aromatic heterocycles. The third kappa shape index (κ3) is 121. The first-order chi connectivity index (χ1) is 46.1. The minimum Gasteiger partial charge on any atom is 0 e. The maximum absolute atomic E-state index is 11.4. The van der Waals surface area contributed by atoms with Gasteiger partial charge in [-0.2, -0.15) is 67.3 Å². The van der Waals surface area contributed by atoms with Gasteiger partial charge in [0.25, 0.3) is 0 Å². The average molecular weight is 2400 g/mol. The van der Waals surface area contributed by atoms with Crippen molar-refractivity contribution < 1.29 is 343 Å². The van der Waals surface area contributed by atoms with Crippen LogP contribution >= 0.6 is 0 Å². The van der Waals surface area contributed by atoms with Gasteiger partial charge < -0.3 is 40.9 Å². The van der Waals surface area contributed by atoms with Gasteiger partial charge in [0.2, 0.25) is 0 Å². The second kappa shape index (κ2) is 64.5. The minimum atomic E-state index is -5.67. The van der Waals surface area contributed by atoms with Crippen LogP contribution in [-0.4, -0.2) is 257 Å². The SMILES string of the molecule is CCC(O)CC(O)CC(O)CC(C)O.CCC(O)CC(O)CC1CC(C)OS(=O)(=O)O1.CCC(O)CC(O)CC1CC(C)OS(=O)(=O)O1.CCC1CC(CC2CC(C)OS(=O)(=O)O2)OS(=O)(=O)O1.O=S(=O)(O)O.O=S(=O)(O)O.O=S(=O)(O)O.O=S(=O)(O)O.[O]=[Mo](=[O])([OH])[OH].[O]=[Mo]=[O].[O]=[W](=[O])([OH])[OH].[O]=[W]=[O].[Zr].[Zr]. The quantitative estimate of drug-likeness (QED) is 0.0404. The van der Waals surface area contributed by atoms with Crippen LogP contribution in [-0.2, 0) is 267 Å². The first-order valence-corrected chi connectivity index (χ1v) is 51.5. The first-order valence-electron chi connectivity index (χ1n) is 28.0. The summed E-state index contributed by atoms with van der Waals surface area (Å²) in [5.41, 5.74) is 0. The average Bonchev–Trinajstić information content (AvgIpc) is 0.829. The maximum atomic E-state index is 11.4. The van der Waals surface area contributed by atoms with Crippen LogP contribution in [0.5, 0.6) is 0 Å². The van der Waals surface area contributed by atoms with Crippen LogP contribution in [0.2, 0.25) is 0 Å². The second-order valence-corrected chi connectivity index (χ2v) is 35.3. The van der Waals surface area contributed by atoms with Crippen LogP contribution in [0.1, 0.15) is 158 Å². The molecule has 0 spiro atoms.